The van der Waals surface area contributed by atoms with Crippen LogP contribution in [0, 0.1) is 5.92 Å². The molecule has 1 aromatic heterocycles. The number of nitrogens with two attached hydrogens (primary N) is 1. The van der Waals surface area contributed by atoms with E-state index in [4.69, 9.17) is 10.3 Å². The van der Waals surface area contributed by atoms with E-state index < -0.39 is 5.54 Å². The maximum atomic E-state index is 12.6. The Kier molecular flexibility index (Phi) is 8.79. The van der Waals surface area contributed by atoms with Gasteiger partial charge in [-0.3, -0.25) is 4.79 Å². The van der Waals surface area contributed by atoms with Crippen LogP contribution >= 0.6 is 24.8 Å². The third-order valence-electron chi connectivity index (χ3n) is 5.35. The lowest BCUT2D eigenvalue weighted by Crippen LogP contribution is -2.45. The van der Waals surface area contributed by atoms with Gasteiger partial charge in [-0.25, -0.2) is 0 Å². The maximum Gasteiger partial charge on any atom is 0.240 e. The Bertz CT molecular complexity index is 575. The van der Waals surface area contributed by atoms with Crippen LogP contribution in [0.4, 0.5) is 0 Å². The molecule has 1 aromatic rings. The lowest BCUT2D eigenvalue weighted by molar-refractivity contribution is -0.124. The number of carbonyl (C=O) groups excluding carboxylic acids is 1. The molecule has 7 nitrogen and oxygen atoms in total. The van der Waals surface area contributed by atoms with Crippen LogP contribution in [-0.4, -0.2) is 41.1 Å². The molecule has 0 radical (unpaired) electrons. The Balaban J connectivity index is 0.00000169. The predicted octanol–water partition coefficient (Wildman–Crippen LogP) is 2.38. The molecular formula is C17H31Cl2N5O2. The zero-order valence-corrected chi connectivity index (χ0v) is 17.2. The highest BCUT2D eigenvalue weighted by atomic mass is 35.5. The molecule has 3 rings (SSSR count). The number of aromatic nitrogens is 2. The van der Waals surface area contributed by atoms with Crippen molar-refractivity contribution in [1.82, 2.24) is 20.4 Å². The van der Waals surface area contributed by atoms with Crippen LogP contribution in [0.25, 0.3) is 0 Å². The van der Waals surface area contributed by atoms with Gasteiger partial charge >= 0.3 is 0 Å². The van der Waals surface area contributed by atoms with Gasteiger partial charge in [0.25, 0.3) is 0 Å². The van der Waals surface area contributed by atoms with E-state index in [2.05, 4.69) is 15.5 Å². The molecule has 2 atom stereocenters. The van der Waals surface area contributed by atoms with Crippen molar-refractivity contribution in [1.29, 1.82) is 0 Å². The quantitative estimate of drug-likeness (QED) is 0.750. The van der Waals surface area contributed by atoms with Crippen LogP contribution in [0.1, 0.15) is 63.1 Å². The smallest absolute Gasteiger partial charge is 0.240 e. The summed E-state index contributed by atoms with van der Waals surface area (Å²) in [4.78, 5) is 19.1. The zero-order valence-electron chi connectivity index (χ0n) is 15.6. The summed E-state index contributed by atoms with van der Waals surface area (Å²) >= 11 is 0. The van der Waals surface area contributed by atoms with Crippen molar-refractivity contribution in [2.24, 2.45) is 11.7 Å². The van der Waals surface area contributed by atoms with Gasteiger partial charge in [-0.2, -0.15) is 4.98 Å². The minimum absolute atomic E-state index is 0. The third kappa shape index (κ3) is 5.31. The molecule has 9 heteroatoms. The first-order chi connectivity index (χ1) is 11.5. The van der Waals surface area contributed by atoms with Gasteiger partial charge < -0.3 is 20.5 Å². The molecule has 0 unspecified atom stereocenters. The molecule has 2 saturated carbocycles. The fraction of sp³-hybridized carbons (Fsp3) is 0.824. The number of amides is 1. The molecule has 1 amide bonds. The van der Waals surface area contributed by atoms with Crippen LogP contribution in [0.15, 0.2) is 4.52 Å². The summed E-state index contributed by atoms with van der Waals surface area (Å²) in [5, 5.41) is 7.40. The van der Waals surface area contributed by atoms with Gasteiger partial charge in [0.1, 0.15) is 5.54 Å². The van der Waals surface area contributed by atoms with E-state index in [1.54, 1.807) is 0 Å². The summed E-state index contributed by atoms with van der Waals surface area (Å²) in [7, 11) is 3.92. The molecule has 2 fully saturated rings. The SMILES string of the molecule is CN(C)Cc1nc(C2(NC(=O)C[C@@H]3CCC[C@H]3N)CCCC2)no1.Cl.Cl. The van der Waals surface area contributed by atoms with Crippen LogP contribution in [-0.2, 0) is 16.9 Å². The molecule has 0 aliphatic heterocycles. The fourth-order valence-electron chi connectivity index (χ4n) is 4.04. The number of hydrogen-bond acceptors (Lipinski definition) is 6. The number of nitrogens with one attached hydrogen (secondary N) is 1. The summed E-state index contributed by atoms with van der Waals surface area (Å²) < 4.78 is 5.37. The van der Waals surface area contributed by atoms with E-state index in [9.17, 15) is 4.79 Å². The van der Waals surface area contributed by atoms with Crippen molar-refractivity contribution < 1.29 is 9.32 Å². The van der Waals surface area contributed by atoms with E-state index in [1.165, 1.54) is 0 Å². The number of hydrogen-bond donors (Lipinski definition) is 2. The average Bonchev–Trinajstić information content (AvgIpc) is 3.22. The fourth-order valence-corrected chi connectivity index (χ4v) is 4.04. The zero-order chi connectivity index (χ0) is 17.2. The summed E-state index contributed by atoms with van der Waals surface area (Å²) in [5.74, 6) is 1.59. The Hall–Kier alpha value is -0.890. The van der Waals surface area contributed by atoms with Crippen molar-refractivity contribution in [3.63, 3.8) is 0 Å². The second-order valence-corrected chi connectivity index (χ2v) is 7.65. The first-order valence-corrected chi connectivity index (χ1v) is 9.03. The van der Waals surface area contributed by atoms with Gasteiger partial charge in [-0.15, -0.1) is 24.8 Å². The molecule has 0 bridgehead atoms. The average molecular weight is 408 g/mol. The van der Waals surface area contributed by atoms with Crippen LogP contribution in [0.3, 0.4) is 0 Å². The molecule has 2 aliphatic carbocycles. The van der Waals surface area contributed by atoms with E-state index in [1.807, 2.05) is 19.0 Å². The highest BCUT2D eigenvalue weighted by Crippen LogP contribution is 2.38. The Morgan fingerprint density at radius 3 is 2.54 bits per heavy atom. The minimum Gasteiger partial charge on any atom is -0.343 e. The molecule has 26 heavy (non-hydrogen) atoms. The number of halogens is 2. The number of nitrogens with zero attached hydrogens (tertiary/aromatic N) is 3. The highest BCUT2D eigenvalue weighted by Gasteiger charge is 2.42. The first kappa shape index (κ1) is 23.1. The molecule has 0 spiro atoms. The molecule has 0 aromatic carbocycles. The van der Waals surface area contributed by atoms with Crippen molar-refractivity contribution in [3.8, 4) is 0 Å². The topological polar surface area (TPSA) is 97.3 Å². The summed E-state index contributed by atoms with van der Waals surface area (Å²) in [6, 6.07) is 0.159. The van der Waals surface area contributed by atoms with Crippen LogP contribution in [0.2, 0.25) is 0 Å². The molecule has 150 valence electrons. The van der Waals surface area contributed by atoms with Gasteiger partial charge in [-0.05, 0) is 45.7 Å². The largest absolute Gasteiger partial charge is 0.343 e. The predicted molar refractivity (Wildman–Crippen MR) is 104 cm³/mol. The van der Waals surface area contributed by atoms with Crippen LogP contribution < -0.4 is 11.1 Å². The van der Waals surface area contributed by atoms with Crippen molar-refractivity contribution >= 4 is 30.7 Å². The highest BCUT2D eigenvalue weighted by molar-refractivity contribution is 5.85. The van der Waals surface area contributed by atoms with Gasteiger partial charge in [0, 0.05) is 12.5 Å². The van der Waals surface area contributed by atoms with Crippen molar-refractivity contribution in [2.45, 2.75) is 69.5 Å². The molecule has 0 saturated heterocycles. The Labute approximate surface area is 167 Å². The number of carbonyl (C=O) groups is 1. The lowest BCUT2D eigenvalue weighted by Gasteiger charge is -2.28. The first-order valence-electron chi connectivity index (χ1n) is 9.03. The summed E-state index contributed by atoms with van der Waals surface area (Å²) in [5.41, 5.74) is 5.64. The second-order valence-electron chi connectivity index (χ2n) is 7.65. The Morgan fingerprint density at radius 1 is 1.27 bits per heavy atom. The lowest BCUT2D eigenvalue weighted by atomic mass is 9.94. The molecular weight excluding hydrogens is 377 g/mol. The van der Waals surface area contributed by atoms with E-state index in [0.717, 1.165) is 44.9 Å². The Morgan fingerprint density at radius 2 is 1.96 bits per heavy atom. The van der Waals surface area contributed by atoms with Gasteiger partial charge in [0.05, 0.1) is 6.54 Å². The summed E-state index contributed by atoms with van der Waals surface area (Å²) in [6.07, 6.45) is 7.60. The summed E-state index contributed by atoms with van der Waals surface area (Å²) in [6.45, 7) is 0.605. The monoisotopic (exact) mass is 407 g/mol. The normalized spacial score (nSPS) is 24.2. The molecule has 2 aliphatic rings. The van der Waals surface area contributed by atoms with Gasteiger partial charge in [0.15, 0.2) is 5.82 Å². The van der Waals surface area contributed by atoms with E-state index >= 15 is 0 Å². The number of rotatable bonds is 6. The maximum absolute atomic E-state index is 12.6. The minimum atomic E-state index is -0.464. The van der Waals surface area contributed by atoms with Gasteiger partial charge in [0.2, 0.25) is 11.8 Å². The second kappa shape index (κ2) is 9.88. The van der Waals surface area contributed by atoms with Gasteiger partial charge in [-0.1, -0.05) is 24.4 Å². The molecule has 3 N–H and O–H groups in total. The van der Waals surface area contributed by atoms with Crippen molar-refractivity contribution in [2.75, 3.05) is 14.1 Å². The van der Waals surface area contributed by atoms with E-state index in [-0.39, 0.29) is 36.8 Å². The molecule has 1 heterocycles. The standard InChI is InChI=1S/C17H29N5O2.2ClH/c1-22(2)11-15-19-16(21-24-15)17(8-3-4-9-17)20-14(23)10-12-6-5-7-13(12)18;;/h12-13H,3-11,18H2,1-2H3,(H,20,23);2*1H/t12-,13+;;/m0../s1. The third-order valence-corrected chi connectivity index (χ3v) is 5.35. The van der Waals surface area contributed by atoms with Crippen LogP contribution in [0.5, 0.6) is 0 Å². The van der Waals surface area contributed by atoms with Crippen molar-refractivity contribution in [3.05, 3.63) is 11.7 Å². The van der Waals surface area contributed by atoms with E-state index in [0.29, 0.717) is 30.6 Å².